The molecular formula is C61H36IrN9OPt. The SMILES string of the molecule is [Ir+3].[Pt+2].[c-]1cc(-c2ccccc2-c2cc(-c3ccnn3-c3c[c-]c(-c4ccccn4)cc3)cc(-c3ccnn3-c3c[c-]c(-c4ccccn4)cc3)c2)c(Oc2[c-]c(-c3ccccn3)ccc2)[c-]c1-c1ncccn1. The van der Waals surface area contributed by atoms with Crippen LogP contribution >= 0.6 is 0 Å². The average Bonchev–Trinajstić information content (AvgIpc) is 4.16. The monoisotopic (exact) mass is 1300 g/mol. The molecule has 6 aromatic heterocycles. The van der Waals surface area contributed by atoms with Gasteiger partial charge in [0.15, 0.2) is 0 Å². The number of nitrogens with zero attached hydrogens (tertiary/aromatic N) is 9. The Kier molecular flexibility index (Phi) is 14.4. The van der Waals surface area contributed by atoms with E-state index in [1.807, 2.05) is 161 Å². The molecule has 0 atom stereocenters. The molecule has 0 N–H and O–H groups in total. The van der Waals surface area contributed by atoms with E-state index < -0.39 is 0 Å². The Morgan fingerprint density at radius 3 is 1.48 bits per heavy atom. The number of hydrogen-bond acceptors (Lipinski definition) is 8. The summed E-state index contributed by atoms with van der Waals surface area (Å²) in [7, 11) is 0. The van der Waals surface area contributed by atoms with E-state index >= 15 is 0 Å². The minimum Gasteiger partial charge on any atom is -0.515 e. The first-order chi connectivity index (χ1) is 35.2. The van der Waals surface area contributed by atoms with Crippen molar-refractivity contribution in [1.82, 2.24) is 44.5 Å². The Hall–Kier alpha value is -8.59. The number of hydrogen-bond donors (Lipinski definition) is 0. The quantitative estimate of drug-likeness (QED) is 0.111. The molecule has 0 saturated carbocycles. The predicted octanol–water partition coefficient (Wildman–Crippen LogP) is 13.2. The van der Waals surface area contributed by atoms with Gasteiger partial charge in [0.05, 0.1) is 11.4 Å². The van der Waals surface area contributed by atoms with Gasteiger partial charge in [-0.05, 0) is 106 Å². The first-order valence-electron chi connectivity index (χ1n) is 22.8. The Bertz CT molecular complexity index is 3640. The number of benzene rings is 6. The van der Waals surface area contributed by atoms with E-state index in [9.17, 15) is 0 Å². The molecule has 0 aliphatic carbocycles. The minimum atomic E-state index is 0. The van der Waals surface area contributed by atoms with Crippen LogP contribution in [0.15, 0.2) is 219 Å². The third-order valence-electron chi connectivity index (χ3n) is 11.9. The van der Waals surface area contributed by atoms with Crippen molar-refractivity contribution in [2.24, 2.45) is 0 Å². The van der Waals surface area contributed by atoms with Gasteiger partial charge in [0.25, 0.3) is 0 Å². The Morgan fingerprint density at radius 1 is 0.397 bits per heavy atom. The molecule has 0 radical (unpaired) electrons. The van der Waals surface area contributed by atoms with Gasteiger partial charge in [-0.2, -0.15) is 10.2 Å². The van der Waals surface area contributed by atoms with E-state index in [4.69, 9.17) is 14.9 Å². The smallest absolute Gasteiger partial charge is 0.515 e. The molecule has 10 nitrogen and oxygen atoms in total. The molecule has 12 heteroatoms. The van der Waals surface area contributed by atoms with E-state index in [1.54, 1.807) is 37.1 Å². The van der Waals surface area contributed by atoms with Crippen LogP contribution in [0.25, 0.3) is 101 Å². The second-order valence-corrected chi connectivity index (χ2v) is 16.3. The number of pyridine rings is 3. The van der Waals surface area contributed by atoms with E-state index in [-0.39, 0.29) is 41.2 Å². The van der Waals surface area contributed by atoms with Crippen LogP contribution in [0.1, 0.15) is 0 Å². The summed E-state index contributed by atoms with van der Waals surface area (Å²) in [5.41, 5.74) is 14.5. The fraction of sp³-hybridized carbons (Fsp3) is 0. The predicted molar refractivity (Wildman–Crippen MR) is 274 cm³/mol. The molecule has 12 aromatic rings. The van der Waals surface area contributed by atoms with Crippen molar-refractivity contribution >= 4 is 0 Å². The molecule has 0 bridgehead atoms. The van der Waals surface area contributed by atoms with Gasteiger partial charge < -0.3 is 29.7 Å². The van der Waals surface area contributed by atoms with Crippen LogP contribution in [0.5, 0.6) is 11.5 Å². The van der Waals surface area contributed by atoms with Crippen LogP contribution in [0.2, 0.25) is 0 Å². The van der Waals surface area contributed by atoms with Crippen molar-refractivity contribution in [3.05, 3.63) is 250 Å². The third-order valence-corrected chi connectivity index (χ3v) is 11.9. The molecular weight excluding hydrogens is 1260 g/mol. The summed E-state index contributed by atoms with van der Waals surface area (Å²) in [5.74, 6) is 1.43. The maximum absolute atomic E-state index is 6.80. The Labute approximate surface area is 449 Å². The van der Waals surface area contributed by atoms with E-state index in [0.717, 1.165) is 89.9 Å². The molecule has 6 heterocycles. The molecule has 0 fully saturated rings. The van der Waals surface area contributed by atoms with Crippen LogP contribution in [-0.4, -0.2) is 44.5 Å². The van der Waals surface area contributed by atoms with Crippen LogP contribution in [0.4, 0.5) is 0 Å². The van der Waals surface area contributed by atoms with Crippen molar-refractivity contribution in [1.29, 1.82) is 0 Å². The maximum atomic E-state index is 6.80. The molecule has 0 aliphatic heterocycles. The van der Waals surface area contributed by atoms with Crippen LogP contribution in [0.3, 0.4) is 0 Å². The molecule has 0 aliphatic rings. The van der Waals surface area contributed by atoms with Gasteiger partial charge in [-0.1, -0.05) is 72.3 Å². The number of ether oxygens (including phenoxy) is 1. The summed E-state index contributed by atoms with van der Waals surface area (Å²) in [5, 5.41) is 9.69. The van der Waals surface area contributed by atoms with Gasteiger partial charge in [0.1, 0.15) is 0 Å². The summed E-state index contributed by atoms with van der Waals surface area (Å²) < 4.78 is 10.7. The normalized spacial score (nSPS) is 10.8. The zero-order chi connectivity index (χ0) is 47.3. The summed E-state index contributed by atoms with van der Waals surface area (Å²) in [6.45, 7) is 0. The first kappa shape index (κ1) is 48.1. The summed E-state index contributed by atoms with van der Waals surface area (Å²) >= 11 is 0. The number of rotatable bonds is 12. The van der Waals surface area contributed by atoms with Crippen LogP contribution in [-0.2, 0) is 41.2 Å². The molecule has 73 heavy (non-hydrogen) atoms. The van der Waals surface area contributed by atoms with E-state index in [1.165, 1.54) is 0 Å². The number of aromatic nitrogens is 9. The topological polar surface area (TPSA) is 109 Å². The standard InChI is InChI=1S/C61H36N9O.Ir.Pt/c1-2-14-53(54-27-22-45(61-65-33-10-34-66-61)41-60(54)71-51-12-9-11-44(40-51)57-17-5-8-32-64-57)52(13-1)46-37-47(58-28-35-67-69(58)49-23-18-42(19-24-49)55-15-3-6-30-62-55)39-48(38-46)59-29-36-68-70(59)50-25-20-43(21-26-50)56-16-4-7-31-63-56;;/h1-18,20,23-39H;;/q-5;+3;+2. The van der Waals surface area contributed by atoms with Crippen molar-refractivity contribution < 1.29 is 45.9 Å². The van der Waals surface area contributed by atoms with E-state index in [2.05, 4.69) is 85.6 Å². The zero-order valence-corrected chi connectivity index (χ0v) is 43.0. The Morgan fingerprint density at radius 2 is 0.932 bits per heavy atom. The maximum Gasteiger partial charge on any atom is 3.00 e. The molecule has 0 unspecified atom stereocenters. The summed E-state index contributed by atoms with van der Waals surface area (Å²) in [6, 6.07) is 75.1. The first-order valence-corrected chi connectivity index (χ1v) is 22.8. The minimum absolute atomic E-state index is 0. The second kappa shape index (κ2) is 21.8. The largest absolute Gasteiger partial charge is 3.00 e. The molecule has 350 valence electrons. The van der Waals surface area contributed by atoms with Crippen molar-refractivity contribution in [3.63, 3.8) is 0 Å². The Balaban J connectivity index is 0.00000306. The van der Waals surface area contributed by atoms with Gasteiger partial charge >= 0.3 is 41.2 Å². The molecule has 12 rings (SSSR count). The van der Waals surface area contributed by atoms with Crippen LogP contribution < -0.4 is 4.74 Å². The van der Waals surface area contributed by atoms with Crippen molar-refractivity contribution in [2.75, 3.05) is 0 Å². The molecule has 0 saturated heterocycles. The van der Waals surface area contributed by atoms with Gasteiger partial charge in [0.2, 0.25) is 0 Å². The molecule has 0 spiro atoms. The van der Waals surface area contributed by atoms with Crippen molar-refractivity contribution in [2.45, 2.75) is 0 Å². The van der Waals surface area contributed by atoms with Gasteiger partial charge in [-0.15, -0.1) is 89.0 Å². The molecule has 0 amide bonds. The van der Waals surface area contributed by atoms with Gasteiger partial charge in [-0.3, -0.25) is 15.4 Å². The summed E-state index contributed by atoms with van der Waals surface area (Å²) in [6.07, 6.45) is 12.4. The van der Waals surface area contributed by atoms with Gasteiger partial charge in [0, 0.05) is 60.3 Å². The zero-order valence-electron chi connectivity index (χ0n) is 38.4. The average molecular weight is 1300 g/mol. The van der Waals surface area contributed by atoms with E-state index in [0.29, 0.717) is 22.9 Å². The fourth-order valence-corrected chi connectivity index (χ4v) is 8.51. The second-order valence-electron chi connectivity index (χ2n) is 16.3. The van der Waals surface area contributed by atoms with Crippen molar-refractivity contribution in [3.8, 4) is 113 Å². The third kappa shape index (κ3) is 10.2. The van der Waals surface area contributed by atoms with Crippen LogP contribution in [0, 0.1) is 30.3 Å². The van der Waals surface area contributed by atoms with Gasteiger partial charge in [-0.25, -0.2) is 17.7 Å². The summed E-state index contributed by atoms with van der Waals surface area (Å²) in [4.78, 5) is 22.6. The molecule has 6 aromatic carbocycles. The fourth-order valence-electron chi connectivity index (χ4n) is 8.51.